The average Bonchev–Trinajstić information content (AvgIpc) is 2.99. The molecule has 2 N–H and O–H groups in total. The number of nitriles is 1. The molecule has 3 rings (SSSR count). The van der Waals surface area contributed by atoms with Gasteiger partial charge in [0.25, 0.3) is 5.56 Å². The number of H-pyrrole nitrogens is 1. The summed E-state index contributed by atoms with van der Waals surface area (Å²) >= 11 is 1.30. The van der Waals surface area contributed by atoms with E-state index >= 15 is 0 Å². The molecule has 2 aromatic rings. The molecule has 5 nitrogen and oxygen atoms in total. The molecule has 0 aliphatic heterocycles. The second kappa shape index (κ2) is 3.32. The molecule has 2 heterocycles. The molecule has 0 unspecified atom stereocenters. The predicted molar refractivity (Wildman–Crippen MR) is 61.6 cm³/mol. The van der Waals surface area contributed by atoms with E-state index in [1.54, 1.807) is 0 Å². The summed E-state index contributed by atoms with van der Waals surface area (Å²) in [5.74, 6) is 0. The number of hydrogen-bond donors (Lipinski definition) is 2. The van der Waals surface area contributed by atoms with Crippen molar-refractivity contribution in [3.8, 4) is 6.07 Å². The van der Waals surface area contributed by atoms with Crippen LogP contribution in [0, 0.1) is 11.3 Å². The van der Waals surface area contributed by atoms with Crippen LogP contribution in [0.5, 0.6) is 0 Å². The summed E-state index contributed by atoms with van der Waals surface area (Å²) in [5.41, 5.74) is 0.799. The predicted octanol–water partition coefficient (Wildman–Crippen LogP) is 1.43. The van der Waals surface area contributed by atoms with Crippen LogP contribution in [-0.4, -0.2) is 16.0 Å². The van der Waals surface area contributed by atoms with Crippen LogP contribution in [0.3, 0.4) is 0 Å². The molecule has 0 amide bonds. The Balaban J connectivity index is 2.24. The number of nitrogens with zero attached hydrogens (tertiary/aromatic N) is 2. The fourth-order valence-electron chi connectivity index (χ4n) is 1.54. The van der Waals surface area contributed by atoms with Crippen molar-refractivity contribution in [1.29, 1.82) is 5.26 Å². The molecule has 16 heavy (non-hydrogen) atoms. The number of nitrogens with one attached hydrogen (secondary N) is 2. The Hall–Kier alpha value is -1.87. The minimum atomic E-state index is -0.185. The minimum absolute atomic E-state index is 0.185. The number of aromatic amines is 1. The largest absolute Gasteiger partial charge is 0.373 e. The lowest BCUT2D eigenvalue weighted by Crippen LogP contribution is -2.03. The highest BCUT2D eigenvalue weighted by Crippen LogP contribution is 2.35. The average molecular weight is 232 g/mol. The van der Waals surface area contributed by atoms with Gasteiger partial charge in [0.1, 0.15) is 26.9 Å². The van der Waals surface area contributed by atoms with Gasteiger partial charge in [-0.15, -0.1) is 11.3 Å². The van der Waals surface area contributed by atoms with Gasteiger partial charge in [-0.3, -0.25) is 4.79 Å². The molecular weight excluding hydrogens is 224 g/mol. The first kappa shape index (κ1) is 9.36. The standard InChI is InChI=1S/C10H8N4OS/c11-3-6-7-8(9(15)13-4-12-7)16-10(6)14-5-1-2-5/h4-5,14H,1-2H2,(H,12,13,15). The maximum absolute atomic E-state index is 11.5. The zero-order valence-corrected chi connectivity index (χ0v) is 9.10. The van der Waals surface area contributed by atoms with Gasteiger partial charge < -0.3 is 10.3 Å². The van der Waals surface area contributed by atoms with Gasteiger partial charge in [0.15, 0.2) is 0 Å². The summed E-state index contributed by atoms with van der Waals surface area (Å²) in [6.45, 7) is 0. The molecule has 0 spiro atoms. The normalized spacial score (nSPS) is 14.9. The van der Waals surface area contributed by atoms with Crippen molar-refractivity contribution in [3.05, 3.63) is 22.2 Å². The Labute approximate surface area is 94.8 Å². The van der Waals surface area contributed by atoms with Crippen molar-refractivity contribution in [1.82, 2.24) is 9.97 Å². The van der Waals surface area contributed by atoms with E-state index in [2.05, 4.69) is 21.4 Å². The first-order valence-corrected chi connectivity index (χ1v) is 5.78. The molecule has 2 aromatic heterocycles. The molecule has 0 aromatic carbocycles. The molecule has 0 bridgehead atoms. The fraction of sp³-hybridized carbons (Fsp3) is 0.300. The van der Waals surface area contributed by atoms with Gasteiger partial charge in [0, 0.05) is 6.04 Å². The van der Waals surface area contributed by atoms with Crippen LogP contribution in [0.15, 0.2) is 11.1 Å². The van der Waals surface area contributed by atoms with Crippen LogP contribution in [0.25, 0.3) is 10.2 Å². The SMILES string of the molecule is N#Cc1c(NC2CC2)sc2c(=O)[nH]cnc12. The topological polar surface area (TPSA) is 81.6 Å². The second-order valence-electron chi connectivity index (χ2n) is 3.75. The van der Waals surface area contributed by atoms with E-state index in [1.165, 1.54) is 17.7 Å². The van der Waals surface area contributed by atoms with Crippen LogP contribution >= 0.6 is 11.3 Å². The Morgan fingerprint density at radius 1 is 1.62 bits per heavy atom. The lowest BCUT2D eigenvalue weighted by Gasteiger charge is -1.98. The molecule has 1 aliphatic carbocycles. The van der Waals surface area contributed by atoms with Gasteiger partial charge in [0.05, 0.1) is 6.33 Å². The second-order valence-corrected chi connectivity index (χ2v) is 4.77. The van der Waals surface area contributed by atoms with Crippen molar-refractivity contribution >= 4 is 26.6 Å². The number of hydrogen-bond acceptors (Lipinski definition) is 5. The van der Waals surface area contributed by atoms with Crippen molar-refractivity contribution in [2.24, 2.45) is 0 Å². The van der Waals surface area contributed by atoms with E-state index < -0.39 is 0 Å². The third-order valence-corrected chi connectivity index (χ3v) is 3.61. The van der Waals surface area contributed by atoms with E-state index in [4.69, 9.17) is 5.26 Å². The third-order valence-electron chi connectivity index (χ3n) is 2.50. The Morgan fingerprint density at radius 3 is 3.12 bits per heavy atom. The molecule has 6 heteroatoms. The zero-order chi connectivity index (χ0) is 11.1. The van der Waals surface area contributed by atoms with Crippen LogP contribution in [0.1, 0.15) is 18.4 Å². The van der Waals surface area contributed by atoms with Gasteiger partial charge in [0.2, 0.25) is 0 Å². The number of anilines is 1. The maximum atomic E-state index is 11.5. The summed E-state index contributed by atoms with van der Waals surface area (Å²) in [6.07, 6.45) is 3.59. The summed E-state index contributed by atoms with van der Waals surface area (Å²) in [6, 6.07) is 2.57. The maximum Gasteiger partial charge on any atom is 0.268 e. The first-order chi connectivity index (χ1) is 7.79. The third kappa shape index (κ3) is 1.37. The highest BCUT2D eigenvalue weighted by Gasteiger charge is 2.24. The Kier molecular flexibility index (Phi) is 1.94. The van der Waals surface area contributed by atoms with E-state index in [0.717, 1.165) is 17.8 Å². The monoisotopic (exact) mass is 232 g/mol. The van der Waals surface area contributed by atoms with Crippen LogP contribution in [0.4, 0.5) is 5.00 Å². The van der Waals surface area contributed by atoms with E-state index in [-0.39, 0.29) is 5.56 Å². The highest BCUT2D eigenvalue weighted by molar-refractivity contribution is 7.23. The van der Waals surface area contributed by atoms with E-state index in [9.17, 15) is 4.79 Å². The quantitative estimate of drug-likeness (QED) is 0.820. The van der Waals surface area contributed by atoms with Gasteiger partial charge in [-0.2, -0.15) is 5.26 Å². The highest BCUT2D eigenvalue weighted by atomic mass is 32.1. The molecule has 0 saturated heterocycles. The first-order valence-electron chi connectivity index (χ1n) is 4.96. The van der Waals surface area contributed by atoms with Crippen molar-refractivity contribution in [3.63, 3.8) is 0 Å². The molecule has 1 aliphatic rings. The Bertz CT molecular complexity index is 647. The molecular formula is C10H8N4OS. The summed E-state index contributed by atoms with van der Waals surface area (Å²) in [4.78, 5) is 18.1. The number of thiophene rings is 1. The van der Waals surface area contributed by atoms with Crippen molar-refractivity contribution in [2.45, 2.75) is 18.9 Å². The summed E-state index contributed by atoms with van der Waals surface area (Å²) in [7, 11) is 0. The molecule has 1 fully saturated rings. The van der Waals surface area contributed by atoms with E-state index in [1.807, 2.05) is 0 Å². The number of fused-ring (bicyclic) bond motifs is 1. The molecule has 1 saturated carbocycles. The van der Waals surface area contributed by atoms with E-state index in [0.29, 0.717) is 21.8 Å². The number of aromatic nitrogens is 2. The lowest BCUT2D eigenvalue weighted by atomic mass is 10.3. The minimum Gasteiger partial charge on any atom is -0.373 e. The van der Waals surface area contributed by atoms with Crippen molar-refractivity contribution < 1.29 is 0 Å². The van der Waals surface area contributed by atoms with Gasteiger partial charge >= 0.3 is 0 Å². The summed E-state index contributed by atoms with van der Waals surface area (Å²) < 4.78 is 0.516. The van der Waals surface area contributed by atoms with Gasteiger partial charge in [-0.25, -0.2) is 4.98 Å². The van der Waals surface area contributed by atoms with Crippen LogP contribution < -0.4 is 10.9 Å². The Morgan fingerprint density at radius 2 is 2.44 bits per heavy atom. The molecule has 80 valence electrons. The molecule has 0 atom stereocenters. The smallest absolute Gasteiger partial charge is 0.268 e. The van der Waals surface area contributed by atoms with Gasteiger partial charge in [-0.1, -0.05) is 0 Å². The zero-order valence-electron chi connectivity index (χ0n) is 8.28. The van der Waals surface area contributed by atoms with Gasteiger partial charge in [-0.05, 0) is 12.8 Å². The number of rotatable bonds is 2. The summed E-state index contributed by atoms with van der Waals surface area (Å²) in [5, 5.41) is 13.1. The lowest BCUT2D eigenvalue weighted by molar-refractivity contribution is 1.16. The van der Waals surface area contributed by atoms with Crippen LogP contribution in [-0.2, 0) is 0 Å². The molecule has 0 radical (unpaired) electrons. The van der Waals surface area contributed by atoms with Crippen LogP contribution in [0.2, 0.25) is 0 Å². The van der Waals surface area contributed by atoms with Crippen molar-refractivity contribution in [2.75, 3.05) is 5.32 Å². The fourth-order valence-corrected chi connectivity index (χ4v) is 2.62.